The van der Waals surface area contributed by atoms with Crippen molar-refractivity contribution in [3.8, 4) is 5.75 Å². The molecule has 0 fully saturated rings. The van der Waals surface area contributed by atoms with E-state index in [0.717, 1.165) is 28.4 Å². The van der Waals surface area contributed by atoms with E-state index >= 15 is 0 Å². The van der Waals surface area contributed by atoms with Crippen LogP contribution in [0.2, 0.25) is 0 Å². The Hall–Kier alpha value is -1.50. The summed E-state index contributed by atoms with van der Waals surface area (Å²) < 4.78 is 5.66. The lowest BCUT2D eigenvalue weighted by Gasteiger charge is -2.16. The van der Waals surface area contributed by atoms with E-state index < -0.39 is 0 Å². The Morgan fingerprint density at radius 3 is 2.80 bits per heavy atom. The van der Waals surface area contributed by atoms with Gasteiger partial charge in [0.1, 0.15) is 5.75 Å². The average molecular weight is 292 g/mol. The lowest BCUT2D eigenvalue weighted by atomic mass is 10.1. The van der Waals surface area contributed by atoms with Gasteiger partial charge in [0.05, 0.1) is 29.0 Å². The summed E-state index contributed by atoms with van der Waals surface area (Å²) in [5.41, 5.74) is 4.86. The predicted octanol–water partition coefficient (Wildman–Crippen LogP) is 2.38. The van der Waals surface area contributed by atoms with Gasteiger partial charge in [-0.3, -0.25) is 16.3 Å². The van der Waals surface area contributed by atoms with Gasteiger partial charge in [0, 0.05) is 18.0 Å². The van der Waals surface area contributed by atoms with Gasteiger partial charge in [0.2, 0.25) is 0 Å². The minimum absolute atomic E-state index is 0.0280. The van der Waals surface area contributed by atoms with Crippen molar-refractivity contribution in [3.05, 3.63) is 40.1 Å². The molecule has 0 radical (unpaired) electrons. The molecule has 0 amide bonds. The third-order valence-electron chi connectivity index (χ3n) is 2.79. The molecular weight excluding hydrogens is 272 g/mol. The molecule has 2 rings (SSSR count). The van der Waals surface area contributed by atoms with Crippen molar-refractivity contribution in [1.29, 1.82) is 0 Å². The number of hydrogen-bond donors (Lipinski definition) is 2. The fourth-order valence-corrected chi connectivity index (χ4v) is 2.57. The first-order valence-corrected chi connectivity index (χ1v) is 7.45. The third-order valence-corrected chi connectivity index (χ3v) is 3.61. The number of aryl methyl sites for hydroxylation is 1. The van der Waals surface area contributed by atoms with Crippen LogP contribution in [-0.2, 0) is 6.42 Å². The molecule has 1 atom stereocenters. The third kappa shape index (κ3) is 4.00. The number of aromatic nitrogens is 2. The highest BCUT2D eigenvalue weighted by Gasteiger charge is 2.14. The number of hydrazine groups is 1. The second kappa shape index (κ2) is 6.78. The second-order valence-corrected chi connectivity index (χ2v) is 5.96. The first-order chi connectivity index (χ1) is 9.58. The highest BCUT2D eigenvalue weighted by Crippen LogP contribution is 2.22. The van der Waals surface area contributed by atoms with Crippen LogP contribution >= 0.6 is 11.3 Å². The van der Waals surface area contributed by atoms with E-state index in [1.54, 1.807) is 23.7 Å². The summed E-state index contributed by atoms with van der Waals surface area (Å²) in [6.45, 7) is 5.98. The number of thiazole rings is 1. The number of nitrogens with zero attached hydrogens (tertiary/aromatic N) is 2. The summed E-state index contributed by atoms with van der Waals surface area (Å²) in [5, 5.41) is 3.12. The number of pyridine rings is 1. The summed E-state index contributed by atoms with van der Waals surface area (Å²) in [4.78, 5) is 8.68. The Balaban J connectivity index is 2.14. The van der Waals surface area contributed by atoms with Crippen molar-refractivity contribution >= 4 is 11.3 Å². The van der Waals surface area contributed by atoms with Crippen LogP contribution in [0, 0.1) is 6.92 Å². The standard InChI is InChI=1S/C14H20N4OS/c1-9(2)19-13-4-11(6-16-7-13)14(18-15)5-12-8-20-10(3)17-12/h4,6-9,14,18H,5,15H2,1-3H3. The molecule has 0 saturated heterocycles. The topological polar surface area (TPSA) is 73.1 Å². The molecule has 6 heteroatoms. The Morgan fingerprint density at radius 1 is 1.40 bits per heavy atom. The van der Waals surface area contributed by atoms with Crippen LogP contribution in [0.4, 0.5) is 0 Å². The average Bonchev–Trinajstić information content (AvgIpc) is 2.81. The van der Waals surface area contributed by atoms with Gasteiger partial charge in [-0.25, -0.2) is 4.98 Å². The Labute approximate surface area is 123 Å². The van der Waals surface area contributed by atoms with E-state index in [1.165, 1.54) is 0 Å². The SMILES string of the molecule is Cc1nc(CC(NN)c2cncc(OC(C)C)c2)cs1. The molecule has 0 saturated carbocycles. The maximum absolute atomic E-state index is 5.67. The highest BCUT2D eigenvalue weighted by atomic mass is 32.1. The number of rotatable bonds is 6. The zero-order chi connectivity index (χ0) is 14.5. The van der Waals surface area contributed by atoms with Gasteiger partial charge in [-0.1, -0.05) is 0 Å². The fraction of sp³-hybridized carbons (Fsp3) is 0.429. The van der Waals surface area contributed by atoms with Crippen LogP contribution < -0.4 is 16.0 Å². The zero-order valence-corrected chi connectivity index (χ0v) is 12.8. The molecule has 1 unspecified atom stereocenters. The highest BCUT2D eigenvalue weighted by molar-refractivity contribution is 7.09. The van der Waals surface area contributed by atoms with Crippen LogP contribution in [0.5, 0.6) is 5.75 Å². The number of ether oxygens (including phenoxy) is 1. The lowest BCUT2D eigenvalue weighted by Crippen LogP contribution is -2.29. The van der Waals surface area contributed by atoms with Gasteiger partial charge in [-0.2, -0.15) is 0 Å². The van der Waals surface area contributed by atoms with Gasteiger partial charge in [0.15, 0.2) is 0 Å². The summed E-state index contributed by atoms with van der Waals surface area (Å²) in [6.07, 6.45) is 4.37. The summed E-state index contributed by atoms with van der Waals surface area (Å²) in [7, 11) is 0. The van der Waals surface area contributed by atoms with Crippen LogP contribution in [-0.4, -0.2) is 16.1 Å². The molecule has 2 aromatic rings. The number of nitrogens with two attached hydrogens (primary N) is 1. The Kier molecular flexibility index (Phi) is 5.05. The molecule has 2 heterocycles. The second-order valence-electron chi connectivity index (χ2n) is 4.90. The van der Waals surface area contributed by atoms with Crippen molar-refractivity contribution in [1.82, 2.24) is 15.4 Å². The molecule has 20 heavy (non-hydrogen) atoms. The van der Waals surface area contributed by atoms with Crippen LogP contribution in [0.25, 0.3) is 0 Å². The molecular formula is C14H20N4OS. The summed E-state index contributed by atoms with van der Waals surface area (Å²) >= 11 is 1.64. The van der Waals surface area contributed by atoms with Gasteiger partial charge >= 0.3 is 0 Å². The first kappa shape index (κ1) is 14.9. The van der Waals surface area contributed by atoms with Gasteiger partial charge in [-0.05, 0) is 32.4 Å². The van der Waals surface area contributed by atoms with E-state index in [4.69, 9.17) is 10.6 Å². The van der Waals surface area contributed by atoms with Crippen LogP contribution in [0.15, 0.2) is 23.8 Å². The van der Waals surface area contributed by atoms with Crippen molar-refractivity contribution in [3.63, 3.8) is 0 Å². The monoisotopic (exact) mass is 292 g/mol. The van der Waals surface area contributed by atoms with Crippen molar-refractivity contribution in [2.24, 2.45) is 5.84 Å². The smallest absolute Gasteiger partial charge is 0.138 e. The molecule has 0 aromatic carbocycles. The van der Waals surface area contributed by atoms with Crippen molar-refractivity contribution in [2.45, 2.75) is 39.3 Å². The zero-order valence-electron chi connectivity index (χ0n) is 12.0. The molecule has 3 N–H and O–H groups in total. The van der Waals surface area contributed by atoms with Gasteiger partial charge in [-0.15, -0.1) is 11.3 Å². The quantitative estimate of drug-likeness (QED) is 0.631. The van der Waals surface area contributed by atoms with Gasteiger partial charge in [0.25, 0.3) is 0 Å². The van der Waals surface area contributed by atoms with E-state index in [2.05, 4.69) is 20.8 Å². The number of hydrogen-bond acceptors (Lipinski definition) is 6. The molecule has 0 aliphatic rings. The minimum atomic E-state index is -0.0280. The summed E-state index contributed by atoms with van der Waals surface area (Å²) in [5.74, 6) is 6.42. The molecule has 108 valence electrons. The summed E-state index contributed by atoms with van der Waals surface area (Å²) in [6, 6.07) is 1.94. The molecule has 0 bridgehead atoms. The predicted molar refractivity (Wildman–Crippen MR) is 80.6 cm³/mol. The normalized spacial score (nSPS) is 12.7. The largest absolute Gasteiger partial charge is 0.489 e. The van der Waals surface area contributed by atoms with E-state index in [-0.39, 0.29) is 12.1 Å². The van der Waals surface area contributed by atoms with Crippen LogP contribution in [0.1, 0.15) is 36.2 Å². The minimum Gasteiger partial charge on any atom is -0.489 e. The van der Waals surface area contributed by atoms with E-state index in [9.17, 15) is 0 Å². The van der Waals surface area contributed by atoms with Crippen molar-refractivity contribution in [2.75, 3.05) is 0 Å². The van der Waals surface area contributed by atoms with E-state index in [1.807, 2.05) is 26.8 Å². The maximum atomic E-state index is 5.67. The first-order valence-electron chi connectivity index (χ1n) is 6.57. The lowest BCUT2D eigenvalue weighted by molar-refractivity contribution is 0.241. The van der Waals surface area contributed by atoms with Crippen LogP contribution in [0.3, 0.4) is 0 Å². The van der Waals surface area contributed by atoms with E-state index in [0.29, 0.717) is 0 Å². The Bertz CT molecular complexity index is 556. The molecule has 2 aromatic heterocycles. The van der Waals surface area contributed by atoms with Gasteiger partial charge < -0.3 is 4.74 Å². The fourth-order valence-electron chi connectivity index (χ4n) is 1.95. The Morgan fingerprint density at radius 2 is 2.20 bits per heavy atom. The maximum Gasteiger partial charge on any atom is 0.138 e. The van der Waals surface area contributed by atoms with Crippen molar-refractivity contribution < 1.29 is 4.74 Å². The molecule has 0 spiro atoms. The molecule has 0 aliphatic heterocycles. The molecule has 5 nitrogen and oxygen atoms in total. The number of nitrogens with one attached hydrogen (secondary N) is 1. The molecule has 0 aliphatic carbocycles.